The van der Waals surface area contributed by atoms with Crippen LogP contribution in [0.2, 0.25) is 0 Å². The first-order valence-corrected chi connectivity index (χ1v) is 7.14. The van der Waals surface area contributed by atoms with Gasteiger partial charge in [0.2, 0.25) is 0 Å². The summed E-state index contributed by atoms with van der Waals surface area (Å²) in [5, 5.41) is 19.7. The summed E-state index contributed by atoms with van der Waals surface area (Å²) in [5.41, 5.74) is 6.56. The van der Waals surface area contributed by atoms with Crippen LogP contribution in [0, 0.1) is 5.92 Å². The second-order valence-electron chi connectivity index (χ2n) is 6.45. The van der Waals surface area contributed by atoms with E-state index in [0.717, 1.165) is 18.5 Å². The van der Waals surface area contributed by atoms with Crippen molar-refractivity contribution < 1.29 is 9.90 Å². The molecule has 1 aromatic rings. The minimum atomic E-state index is -0.922. The standard InChI is InChI=1S/C14H24N4O2/c1-8(2)6-14(3,20)7-16-13(19)12-10(15)11(17-18-12)9-4-5-9/h8-9,20H,4-7,15H2,1-3H3,(H,16,19)(H,17,18). The number of hydrogen-bond acceptors (Lipinski definition) is 4. The van der Waals surface area contributed by atoms with E-state index >= 15 is 0 Å². The molecule has 2 rings (SSSR count). The van der Waals surface area contributed by atoms with Crippen LogP contribution in [0.4, 0.5) is 5.69 Å². The van der Waals surface area contributed by atoms with Gasteiger partial charge in [-0.15, -0.1) is 0 Å². The number of amides is 1. The summed E-state index contributed by atoms with van der Waals surface area (Å²) in [6.45, 7) is 5.97. The Morgan fingerprint density at radius 3 is 2.80 bits per heavy atom. The normalized spacial score (nSPS) is 18.1. The maximum atomic E-state index is 12.1. The Balaban J connectivity index is 1.95. The van der Waals surface area contributed by atoms with Crippen molar-refractivity contribution in [2.45, 2.75) is 51.6 Å². The van der Waals surface area contributed by atoms with Gasteiger partial charge in [0.25, 0.3) is 5.91 Å². The number of rotatable bonds is 6. The van der Waals surface area contributed by atoms with Gasteiger partial charge in [-0.2, -0.15) is 5.10 Å². The highest BCUT2D eigenvalue weighted by Gasteiger charge is 2.31. The van der Waals surface area contributed by atoms with Gasteiger partial charge in [-0.25, -0.2) is 0 Å². The van der Waals surface area contributed by atoms with Gasteiger partial charge in [0.05, 0.1) is 17.0 Å². The third kappa shape index (κ3) is 3.50. The van der Waals surface area contributed by atoms with Gasteiger partial charge in [0.15, 0.2) is 5.69 Å². The van der Waals surface area contributed by atoms with E-state index in [1.165, 1.54) is 0 Å². The lowest BCUT2D eigenvalue weighted by Crippen LogP contribution is -2.41. The Labute approximate surface area is 119 Å². The van der Waals surface area contributed by atoms with Crippen LogP contribution in [0.15, 0.2) is 0 Å². The molecule has 1 amide bonds. The summed E-state index contributed by atoms with van der Waals surface area (Å²) in [6, 6.07) is 0. The molecular weight excluding hydrogens is 256 g/mol. The topological polar surface area (TPSA) is 104 Å². The Morgan fingerprint density at radius 2 is 2.25 bits per heavy atom. The van der Waals surface area contributed by atoms with E-state index in [9.17, 15) is 9.90 Å². The number of aromatic nitrogens is 2. The molecule has 20 heavy (non-hydrogen) atoms. The predicted octanol–water partition coefficient (Wildman–Crippen LogP) is 1.40. The fourth-order valence-electron chi connectivity index (χ4n) is 2.53. The summed E-state index contributed by atoms with van der Waals surface area (Å²) in [4.78, 5) is 12.1. The molecule has 5 N–H and O–H groups in total. The molecule has 0 radical (unpaired) electrons. The fraction of sp³-hybridized carbons (Fsp3) is 0.714. The molecule has 0 spiro atoms. The monoisotopic (exact) mass is 280 g/mol. The number of hydrogen-bond donors (Lipinski definition) is 4. The molecule has 1 aliphatic carbocycles. The van der Waals surface area contributed by atoms with Crippen molar-refractivity contribution in [3.05, 3.63) is 11.4 Å². The molecule has 6 heteroatoms. The molecule has 1 saturated carbocycles. The zero-order valence-electron chi connectivity index (χ0n) is 12.4. The van der Waals surface area contributed by atoms with Crippen LogP contribution < -0.4 is 11.1 Å². The fourth-order valence-corrected chi connectivity index (χ4v) is 2.53. The molecule has 1 unspecified atom stereocenters. The Morgan fingerprint density at radius 1 is 1.60 bits per heavy atom. The summed E-state index contributed by atoms with van der Waals surface area (Å²) in [6.07, 6.45) is 2.81. The van der Waals surface area contributed by atoms with Crippen LogP contribution in [-0.4, -0.2) is 33.4 Å². The highest BCUT2D eigenvalue weighted by atomic mass is 16.3. The zero-order chi connectivity index (χ0) is 14.9. The maximum absolute atomic E-state index is 12.1. The Hall–Kier alpha value is -1.56. The third-order valence-corrected chi connectivity index (χ3v) is 3.51. The second kappa shape index (κ2) is 5.44. The van der Waals surface area contributed by atoms with Crippen LogP contribution in [0.5, 0.6) is 0 Å². The van der Waals surface area contributed by atoms with Crippen LogP contribution >= 0.6 is 0 Å². The molecule has 6 nitrogen and oxygen atoms in total. The van der Waals surface area contributed by atoms with E-state index in [1.807, 2.05) is 13.8 Å². The van der Waals surface area contributed by atoms with E-state index < -0.39 is 5.60 Å². The van der Waals surface area contributed by atoms with Gasteiger partial charge in [0.1, 0.15) is 0 Å². The van der Waals surface area contributed by atoms with Gasteiger partial charge in [-0.1, -0.05) is 13.8 Å². The van der Waals surface area contributed by atoms with Gasteiger partial charge < -0.3 is 16.2 Å². The first-order valence-electron chi connectivity index (χ1n) is 7.14. The number of carbonyl (C=O) groups excluding carboxylic acids is 1. The summed E-state index contributed by atoms with van der Waals surface area (Å²) < 4.78 is 0. The number of aliphatic hydroxyl groups is 1. The van der Waals surface area contributed by atoms with Gasteiger partial charge in [-0.3, -0.25) is 9.89 Å². The molecule has 1 heterocycles. The van der Waals surface area contributed by atoms with Crippen molar-refractivity contribution in [2.24, 2.45) is 5.92 Å². The van der Waals surface area contributed by atoms with E-state index in [2.05, 4.69) is 15.5 Å². The highest BCUT2D eigenvalue weighted by Crippen LogP contribution is 2.42. The number of aromatic amines is 1. The van der Waals surface area contributed by atoms with Gasteiger partial charge >= 0.3 is 0 Å². The van der Waals surface area contributed by atoms with Crippen LogP contribution in [0.3, 0.4) is 0 Å². The number of carbonyl (C=O) groups is 1. The largest absolute Gasteiger partial charge is 0.395 e. The SMILES string of the molecule is CC(C)CC(C)(O)CNC(=O)c1n[nH]c(C2CC2)c1N. The van der Waals surface area contributed by atoms with Crippen molar-refractivity contribution in [1.29, 1.82) is 0 Å². The van der Waals surface area contributed by atoms with E-state index in [4.69, 9.17) is 5.73 Å². The zero-order valence-corrected chi connectivity index (χ0v) is 12.4. The molecule has 1 fully saturated rings. The molecule has 0 bridgehead atoms. The van der Waals surface area contributed by atoms with Gasteiger partial charge in [0, 0.05) is 12.5 Å². The quantitative estimate of drug-likeness (QED) is 0.632. The number of nitrogens with one attached hydrogen (secondary N) is 2. The average molecular weight is 280 g/mol. The molecule has 112 valence electrons. The smallest absolute Gasteiger partial charge is 0.274 e. The van der Waals surface area contributed by atoms with Crippen molar-refractivity contribution in [3.8, 4) is 0 Å². The van der Waals surface area contributed by atoms with Crippen molar-refractivity contribution in [3.63, 3.8) is 0 Å². The summed E-state index contributed by atoms with van der Waals surface area (Å²) in [7, 11) is 0. The summed E-state index contributed by atoms with van der Waals surface area (Å²) in [5.74, 6) is 0.446. The van der Waals surface area contributed by atoms with Crippen LogP contribution in [0.25, 0.3) is 0 Å². The molecule has 0 aliphatic heterocycles. The average Bonchev–Trinajstić information content (AvgIpc) is 3.09. The predicted molar refractivity (Wildman–Crippen MR) is 77.4 cm³/mol. The second-order valence-corrected chi connectivity index (χ2v) is 6.45. The number of H-pyrrole nitrogens is 1. The Bertz CT molecular complexity index is 489. The highest BCUT2D eigenvalue weighted by molar-refractivity contribution is 5.97. The first kappa shape index (κ1) is 14.8. The maximum Gasteiger partial charge on any atom is 0.274 e. The van der Waals surface area contributed by atoms with E-state index in [-0.39, 0.29) is 18.1 Å². The van der Waals surface area contributed by atoms with Crippen LogP contribution in [0.1, 0.15) is 62.1 Å². The molecule has 1 aliphatic rings. The molecule has 0 saturated heterocycles. The van der Waals surface area contributed by atoms with Crippen molar-refractivity contribution in [2.75, 3.05) is 12.3 Å². The minimum absolute atomic E-state index is 0.190. The number of nitrogen functional groups attached to an aromatic ring is 1. The third-order valence-electron chi connectivity index (χ3n) is 3.51. The molecule has 1 atom stereocenters. The number of nitrogens with two attached hydrogens (primary N) is 1. The lowest BCUT2D eigenvalue weighted by atomic mass is 9.94. The molecule has 1 aromatic heterocycles. The van der Waals surface area contributed by atoms with E-state index in [1.54, 1.807) is 6.92 Å². The lowest BCUT2D eigenvalue weighted by Gasteiger charge is -2.25. The first-order chi connectivity index (χ1) is 9.30. The lowest BCUT2D eigenvalue weighted by molar-refractivity contribution is 0.0367. The molecular formula is C14H24N4O2. The number of nitrogens with zero attached hydrogens (tertiary/aromatic N) is 1. The van der Waals surface area contributed by atoms with Gasteiger partial charge in [-0.05, 0) is 32.1 Å². The van der Waals surface area contributed by atoms with Crippen molar-refractivity contribution in [1.82, 2.24) is 15.5 Å². The van der Waals surface area contributed by atoms with Crippen molar-refractivity contribution >= 4 is 11.6 Å². The number of anilines is 1. The van der Waals surface area contributed by atoms with Crippen LogP contribution in [-0.2, 0) is 0 Å². The minimum Gasteiger partial charge on any atom is -0.395 e. The molecule has 0 aromatic carbocycles. The van der Waals surface area contributed by atoms with E-state index in [0.29, 0.717) is 23.9 Å². The summed E-state index contributed by atoms with van der Waals surface area (Å²) >= 11 is 0. The Kier molecular flexibility index (Phi) is 4.04.